The highest BCUT2D eigenvalue weighted by molar-refractivity contribution is 5.94. The van der Waals surface area contributed by atoms with Crippen molar-refractivity contribution in [2.75, 3.05) is 19.8 Å². The molecule has 0 radical (unpaired) electrons. The third-order valence-electron chi connectivity index (χ3n) is 5.21. The van der Waals surface area contributed by atoms with E-state index in [0.717, 1.165) is 28.6 Å². The van der Waals surface area contributed by atoms with Crippen LogP contribution in [0.15, 0.2) is 48.7 Å². The fourth-order valence-electron chi connectivity index (χ4n) is 3.65. The number of nitrogens with one attached hydrogen (secondary N) is 1. The van der Waals surface area contributed by atoms with Gasteiger partial charge in [0, 0.05) is 17.7 Å². The van der Waals surface area contributed by atoms with E-state index in [1.54, 1.807) is 0 Å². The van der Waals surface area contributed by atoms with Gasteiger partial charge in [0.1, 0.15) is 31.5 Å². The first-order valence-electron chi connectivity index (χ1n) is 9.77. The molecule has 2 aliphatic heterocycles. The zero-order valence-corrected chi connectivity index (χ0v) is 16.1. The number of amides is 1. The van der Waals surface area contributed by atoms with Gasteiger partial charge in [0.15, 0.2) is 11.5 Å². The van der Waals surface area contributed by atoms with Crippen molar-refractivity contribution in [3.8, 4) is 22.8 Å². The fourth-order valence-corrected chi connectivity index (χ4v) is 3.65. The first kappa shape index (κ1) is 18.6. The van der Waals surface area contributed by atoms with Crippen LogP contribution < -0.4 is 14.8 Å². The summed E-state index contributed by atoms with van der Waals surface area (Å²) >= 11 is 0. The van der Waals surface area contributed by atoms with Crippen molar-refractivity contribution in [1.29, 1.82) is 0 Å². The molecular formula is C22H20FN3O4. The number of ether oxygens (including phenoxy) is 3. The normalized spacial score (nSPS) is 17.3. The van der Waals surface area contributed by atoms with Gasteiger partial charge >= 0.3 is 0 Å². The highest BCUT2D eigenvalue weighted by atomic mass is 19.1. The number of fused-ring (bicyclic) bond motifs is 2. The van der Waals surface area contributed by atoms with Crippen molar-refractivity contribution in [1.82, 2.24) is 14.9 Å². The number of halogens is 1. The molecule has 0 spiro atoms. The molecule has 0 bridgehead atoms. The van der Waals surface area contributed by atoms with E-state index >= 15 is 0 Å². The molecule has 1 atom stereocenters. The average Bonchev–Trinajstić information content (AvgIpc) is 3.21. The van der Waals surface area contributed by atoms with E-state index in [1.807, 2.05) is 24.4 Å². The van der Waals surface area contributed by atoms with Crippen LogP contribution in [0.25, 0.3) is 11.3 Å². The molecule has 7 nitrogen and oxygen atoms in total. The Labute approximate surface area is 172 Å². The Hall–Kier alpha value is -3.39. The van der Waals surface area contributed by atoms with Crippen molar-refractivity contribution < 1.29 is 23.4 Å². The Morgan fingerprint density at radius 1 is 1.13 bits per heavy atom. The molecule has 3 aromatic rings. The van der Waals surface area contributed by atoms with Gasteiger partial charge in [0.05, 0.1) is 24.5 Å². The molecule has 1 aromatic heterocycles. The van der Waals surface area contributed by atoms with Crippen LogP contribution in [0.3, 0.4) is 0 Å². The Morgan fingerprint density at radius 2 is 1.93 bits per heavy atom. The molecule has 1 unspecified atom stereocenters. The third-order valence-corrected chi connectivity index (χ3v) is 5.21. The van der Waals surface area contributed by atoms with Gasteiger partial charge in [-0.15, -0.1) is 0 Å². The Bertz CT molecular complexity index is 1080. The van der Waals surface area contributed by atoms with Crippen LogP contribution >= 0.6 is 0 Å². The predicted molar refractivity (Wildman–Crippen MR) is 106 cm³/mol. The van der Waals surface area contributed by atoms with Gasteiger partial charge in [-0.3, -0.25) is 4.79 Å². The molecule has 8 heteroatoms. The van der Waals surface area contributed by atoms with E-state index in [-0.39, 0.29) is 17.8 Å². The molecule has 0 aliphatic carbocycles. The van der Waals surface area contributed by atoms with Crippen LogP contribution in [0, 0.1) is 5.82 Å². The van der Waals surface area contributed by atoms with Gasteiger partial charge in [0.25, 0.3) is 5.91 Å². The molecule has 2 aromatic carbocycles. The first-order chi connectivity index (χ1) is 14.7. The average molecular weight is 409 g/mol. The number of nitrogens with zero attached hydrogens (tertiary/aromatic N) is 2. The van der Waals surface area contributed by atoms with E-state index in [4.69, 9.17) is 14.2 Å². The van der Waals surface area contributed by atoms with Crippen LogP contribution in [0.4, 0.5) is 4.39 Å². The number of rotatable bonds is 4. The van der Waals surface area contributed by atoms with Gasteiger partial charge in [-0.25, -0.2) is 9.37 Å². The lowest BCUT2D eigenvalue weighted by Crippen LogP contribution is -2.39. The first-order valence-corrected chi connectivity index (χ1v) is 9.77. The highest BCUT2D eigenvalue weighted by Gasteiger charge is 2.24. The number of imidazole rings is 1. The molecule has 0 fully saturated rings. The molecular weight excluding hydrogens is 389 g/mol. The zero-order valence-electron chi connectivity index (χ0n) is 16.1. The third kappa shape index (κ3) is 3.61. The molecule has 0 saturated heterocycles. The van der Waals surface area contributed by atoms with E-state index < -0.39 is 0 Å². The summed E-state index contributed by atoms with van der Waals surface area (Å²) in [5.41, 5.74) is 2.35. The molecule has 2 aliphatic rings. The lowest BCUT2D eigenvalue weighted by Gasteiger charge is -2.26. The summed E-state index contributed by atoms with van der Waals surface area (Å²) in [7, 11) is 0. The number of hydrogen-bond donors (Lipinski definition) is 1. The molecule has 30 heavy (non-hydrogen) atoms. The lowest BCUT2D eigenvalue weighted by atomic mass is 10.1. The van der Waals surface area contributed by atoms with Crippen molar-refractivity contribution in [3.63, 3.8) is 0 Å². The van der Waals surface area contributed by atoms with Crippen LogP contribution in [0.2, 0.25) is 0 Å². The maximum atomic E-state index is 13.0. The maximum Gasteiger partial charge on any atom is 0.251 e. The second kappa shape index (κ2) is 7.79. The molecule has 1 amide bonds. The summed E-state index contributed by atoms with van der Waals surface area (Å²) in [6.45, 7) is 2.35. The van der Waals surface area contributed by atoms with Crippen LogP contribution in [-0.2, 0) is 17.9 Å². The van der Waals surface area contributed by atoms with Crippen molar-refractivity contribution in [2.24, 2.45) is 0 Å². The topological polar surface area (TPSA) is 74.6 Å². The summed E-state index contributed by atoms with van der Waals surface area (Å²) in [4.78, 5) is 16.8. The van der Waals surface area contributed by atoms with Crippen molar-refractivity contribution in [3.05, 3.63) is 65.9 Å². The van der Waals surface area contributed by atoms with Gasteiger partial charge in [0.2, 0.25) is 0 Å². The quantitative estimate of drug-likeness (QED) is 0.717. The minimum atomic E-state index is -0.374. The number of hydrogen-bond acceptors (Lipinski definition) is 5. The summed E-state index contributed by atoms with van der Waals surface area (Å²) in [6.07, 6.45) is 1.62. The number of aromatic nitrogens is 2. The predicted octanol–water partition coefficient (Wildman–Crippen LogP) is 2.79. The summed E-state index contributed by atoms with van der Waals surface area (Å²) < 4.78 is 32.3. The smallest absolute Gasteiger partial charge is 0.251 e. The minimum absolute atomic E-state index is 0.202. The lowest BCUT2D eigenvalue weighted by molar-refractivity contribution is 0.00374. The Morgan fingerprint density at radius 3 is 2.77 bits per heavy atom. The van der Waals surface area contributed by atoms with Crippen molar-refractivity contribution in [2.45, 2.75) is 19.3 Å². The van der Waals surface area contributed by atoms with E-state index in [9.17, 15) is 9.18 Å². The van der Waals surface area contributed by atoms with E-state index in [1.165, 1.54) is 24.3 Å². The van der Waals surface area contributed by atoms with E-state index in [0.29, 0.717) is 38.5 Å². The molecule has 1 N–H and O–H groups in total. The summed E-state index contributed by atoms with van der Waals surface area (Å²) in [5, 5.41) is 2.85. The van der Waals surface area contributed by atoms with Gasteiger partial charge in [-0.1, -0.05) is 0 Å². The fraction of sp³-hybridized carbons (Fsp3) is 0.273. The second-order valence-electron chi connectivity index (χ2n) is 7.18. The van der Waals surface area contributed by atoms with Crippen LogP contribution in [0.1, 0.15) is 16.2 Å². The van der Waals surface area contributed by atoms with Gasteiger partial charge in [-0.2, -0.15) is 0 Å². The summed E-state index contributed by atoms with van der Waals surface area (Å²) in [5.74, 6) is 1.67. The van der Waals surface area contributed by atoms with Crippen LogP contribution in [-0.4, -0.2) is 41.3 Å². The second-order valence-corrected chi connectivity index (χ2v) is 7.18. The Kier molecular flexibility index (Phi) is 4.84. The monoisotopic (exact) mass is 409 g/mol. The largest absolute Gasteiger partial charge is 0.486 e. The van der Waals surface area contributed by atoms with Gasteiger partial charge < -0.3 is 24.1 Å². The number of carbonyl (C=O) groups excluding carboxylic acids is 1. The van der Waals surface area contributed by atoms with Crippen LogP contribution in [0.5, 0.6) is 11.5 Å². The summed E-state index contributed by atoms with van der Waals surface area (Å²) in [6, 6.07) is 11.3. The van der Waals surface area contributed by atoms with E-state index in [2.05, 4.69) is 14.9 Å². The highest BCUT2D eigenvalue weighted by Crippen LogP contribution is 2.35. The maximum absolute atomic E-state index is 13.0. The number of carbonyl (C=O) groups is 1. The molecule has 5 rings (SSSR count). The van der Waals surface area contributed by atoms with Gasteiger partial charge in [-0.05, 0) is 42.5 Å². The molecule has 154 valence electrons. The Balaban J connectivity index is 1.29. The minimum Gasteiger partial charge on any atom is -0.486 e. The molecule has 0 saturated carbocycles. The number of benzene rings is 2. The molecule has 3 heterocycles. The SMILES string of the molecule is O=C(NCC1Cn2c(-c3ccc4c(c3)OCCO4)cnc2CO1)c1ccc(F)cc1. The van der Waals surface area contributed by atoms with Crippen molar-refractivity contribution >= 4 is 5.91 Å². The standard InChI is InChI=1S/C22H20FN3O4/c23-16-4-1-14(2-5-16)22(27)25-10-17-12-26-18(11-24-21(26)13-30-17)15-3-6-19-20(9-15)29-8-7-28-19/h1-6,9,11,17H,7-8,10,12-13H2,(H,25,27). The zero-order chi connectivity index (χ0) is 20.5.